The van der Waals surface area contributed by atoms with Crippen molar-refractivity contribution < 1.29 is 18.8 Å². The Morgan fingerprint density at radius 2 is 2.00 bits per heavy atom. The third-order valence-electron chi connectivity index (χ3n) is 4.43. The molecule has 1 fully saturated rings. The van der Waals surface area contributed by atoms with Crippen LogP contribution in [0.2, 0.25) is 0 Å². The van der Waals surface area contributed by atoms with Crippen LogP contribution in [0.15, 0.2) is 42.5 Å². The Bertz CT molecular complexity index is 853. The third-order valence-corrected chi connectivity index (χ3v) is 4.43. The van der Waals surface area contributed by atoms with Crippen LogP contribution in [0.1, 0.15) is 15.9 Å². The summed E-state index contributed by atoms with van der Waals surface area (Å²) in [5.41, 5.74) is 1.23. The van der Waals surface area contributed by atoms with E-state index < -0.39 is 4.92 Å². The lowest BCUT2D eigenvalue weighted by Gasteiger charge is -2.28. The fourth-order valence-electron chi connectivity index (χ4n) is 3.08. The first kappa shape index (κ1) is 18.8. The van der Waals surface area contributed by atoms with Crippen LogP contribution in [0.5, 0.6) is 0 Å². The summed E-state index contributed by atoms with van der Waals surface area (Å²) in [7, 11) is 1.58. The molecule has 0 N–H and O–H groups in total. The number of benzene rings is 2. The van der Waals surface area contributed by atoms with E-state index in [0.29, 0.717) is 37.6 Å². The summed E-state index contributed by atoms with van der Waals surface area (Å²) in [4.78, 5) is 27.0. The standard InChI is InChI=1S/C19H20FN3O4/c1-21(13-14-3-2-4-16(20)11-14)19(24)15-5-6-17(18(12-15)23(25)26)22-7-9-27-10-8-22/h2-6,11-12H,7-10,13H2,1H3. The number of nitro groups is 1. The molecular weight excluding hydrogens is 353 g/mol. The number of anilines is 1. The first-order valence-electron chi connectivity index (χ1n) is 8.57. The van der Waals surface area contributed by atoms with E-state index in [0.717, 1.165) is 0 Å². The zero-order valence-corrected chi connectivity index (χ0v) is 14.9. The minimum Gasteiger partial charge on any atom is -0.378 e. The molecule has 1 heterocycles. The molecule has 1 aliphatic rings. The van der Waals surface area contributed by atoms with Crippen LogP contribution in [0.25, 0.3) is 0 Å². The van der Waals surface area contributed by atoms with Crippen molar-refractivity contribution >= 4 is 17.3 Å². The first-order chi connectivity index (χ1) is 13.0. The lowest BCUT2D eigenvalue weighted by molar-refractivity contribution is -0.384. The fraction of sp³-hybridized carbons (Fsp3) is 0.316. The number of morpholine rings is 1. The van der Waals surface area contributed by atoms with Gasteiger partial charge in [-0.25, -0.2) is 4.39 Å². The van der Waals surface area contributed by atoms with Gasteiger partial charge in [0.25, 0.3) is 11.6 Å². The van der Waals surface area contributed by atoms with Crippen molar-refractivity contribution in [3.05, 3.63) is 69.5 Å². The molecule has 0 aliphatic carbocycles. The van der Waals surface area contributed by atoms with Crippen molar-refractivity contribution in [1.82, 2.24) is 4.90 Å². The number of hydrogen-bond acceptors (Lipinski definition) is 5. The highest BCUT2D eigenvalue weighted by Crippen LogP contribution is 2.30. The summed E-state index contributed by atoms with van der Waals surface area (Å²) in [6.45, 7) is 2.35. The summed E-state index contributed by atoms with van der Waals surface area (Å²) in [5, 5.41) is 11.5. The number of ether oxygens (including phenoxy) is 1. The second kappa shape index (κ2) is 8.13. The van der Waals surface area contributed by atoms with Crippen molar-refractivity contribution in [2.75, 3.05) is 38.3 Å². The molecule has 2 aromatic rings. The molecule has 1 saturated heterocycles. The van der Waals surface area contributed by atoms with Gasteiger partial charge in [0.15, 0.2) is 0 Å². The highest BCUT2D eigenvalue weighted by atomic mass is 19.1. The van der Waals surface area contributed by atoms with Crippen molar-refractivity contribution in [2.24, 2.45) is 0 Å². The maximum absolute atomic E-state index is 13.3. The van der Waals surface area contributed by atoms with Gasteiger partial charge in [-0.15, -0.1) is 0 Å². The van der Waals surface area contributed by atoms with Crippen LogP contribution >= 0.6 is 0 Å². The van der Waals surface area contributed by atoms with E-state index in [9.17, 15) is 19.3 Å². The molecule has 0 bridgehead atoms. The van der Waals surface area contributed by atoms with Gasteiger partial charge in [-0.1, -0.05) is 12.1 Å². The van der Waals surface area contributed by atoms with Gasteiger partial charge < -0.3 is 14.5 Å². The fourth-order valence-corrected chi connectivity index (χ4v) is 3.08. The van der Waals surface area contributed by atoms with Gasteiger partial charge in [-0.2, -0.15) is 0 Å². The molecule has 8 heteroatoms. The second-order valence-electron chi connectivity index (χ2n) is 6.35. The Kier molecular flexibility index (Phi) is 5.66. The molecule has 3 rings (SSSR count). The van der Waals surface area contributed by atoms with Gasteiger partial charge in [-0.3, -0.25) is 14.9 Å². The molecule has 1 aliphatic heterocycles. The second-order valence-corrected chi connectivity index (χ2v) is 6.35. The van der Waals surface area contributed by atoms with Crippen molar-refractivity contribution in [2.45, 2.75) is 6.54 Å². The Morgan fingerprint density at radius 1 is 1.26 bits per heavy atom. The van der Waals surface area contributed by atoms with Crippen LogP contribution in [0.4, 0.5) is 15.8 Å². The average molecular weight is 373 g/mol. The van der Waals surface area contributed by atoms with E-state index in [1.165, 1.54) is 23.1 Å². The minimum absolute atomic E-state index is 0.109. The number of carbonyl (C=O) groups is 1. The predicted molar refractivity (Wildman–Crippen MR) is 98.3 cm³/mol. The zero-order chi connectivity index (χ0) is 19.4. The van der Waals surface area contributed by atoms with Gasteiger partial charge in [0.05, 0.1) is 18.1 Å². The molecule has 0 radical (unpaired) electrons. The van der Waals surface area contributed by atoms with Crippen molar-refractivity contribution in [3.8, 4) is 0 Å². The molecule has 27 heavy (non-hydrogen) atoms. The van der Waals surface area contributed by atoms with Gasteiger partial charge >= 0.3 is 0 Å². The highest BCUT2D eigenvalue weighted by Gasteiger charge is 2.24. The molecule has 0 unspecified atom stereocenters. The third kappa shape index (κ3) is 4.40. The molecular formula is C19H20FN3O4. The SMILES string of the molecule is CN(Cc1cccc(F)c1)C(=O)c1ccc(N2CCOCC2)c([N+](=O)[O-])c1. The number of amides is 1. The van der Waals surface area contributed by atoms with E-state index in [1.807, 2.05) is 4.90 Å². The lowest BCUT2D eigenvalue weighted by atomic mass is 10.1. The van der Waals surface area contributed by atoms with Gasteiger partial charge in [0, 0.05) is 38.3 Å². The number of nitro benzene ring substituents is 1. The van der Waals surface area contributed by atoms with Gasteiger partial charge in [0.1, 0.15) is 11.5 Å². The molecule has 7 nitrogen and oxygen atoms in total. The van der Waals surface area contributed by atoms with Crippen LogP contribution in [-0.2, 0) is 11.3 Å². The number of carbonyl (C=O) groups excluding carboxylic acids is 1. The van der Waals surface area contributed by atoms with Crippen LogP contribution in [-0.4, -0.2) is 49.1 Å². The molecule has 0 spiro atoms. The molecule has 0 aromatic heterocycles. The number of rotatable bonds is 5. The summed E-state index contributed by atoms with van der Waals surface area (Å²) in [6.07, 6.45) is 0. The van der Waals surface area contributed by atoms with Crippen LogP contribution in [0.3, 0.4) is 0 Å². The largest absolute Gasteiger partial charge is 0.378 e. The maximum atomic E-state index is 13.3. The Labute approximate surface area is 156 Å². The lowest BCUT2D eigenvalue weighted by Crippen LogP contribution is -2.36. The maximum Gasteiger partial charge on any atom is 0.293 e. The summed E-state index contributed by atoms with van der Waals surface area (Å²) in [6, 6.07) is 10.5. The Balaban J connectivity index is 1.81. The summed E-state index contributed by atoms with van der Waals surface area (Å²) >= 11 is 0. The topological polar surface area (TPSA) is 75.9 Å². The van der Waals surface area contributed by atoms with E-state index in [-0.39, 0.29) is 29.5 Å². The normalized spacial score (nSPS) is 14.1. The predicted octanol–water partition coefficient (Wildman–Crippen LogP) is 2.84. The molecule has 142 valence electrons. The smallest absolute Gasteiger partial charge is 0.293 e. The highest BCUT2D eigenvalue weighted by molar-refractivity contribution is 5.95. The van der Waals surface area contributed by atoms with Crippen molar-refractivity contribution in [1.29, 1.82) is 0 Å². The minimum atomic E-state index is -0.478. The summed E-state index contributed by atoms with van der Waals surface area (Å²) < 4.78 is 18.6. The van der Waals surface area contributed by atoms with E-state index in [1.54, 1.807) is 31.3 Å². The van der Waals surface area contributed by atoms with Crippen LogP contribution in [0, 0.1) is 15.9 Å². The zero-order valence-electron chi connectivity index (χ0n) is 14.9. The number of hydrogen-bond donors (Lipinski definition) is 0. The Morgan fingerprint density at radius 3 is 2.67 bits per heavy atom. The van der Waals surface area contributed by atoms with E-state index in [2.05, 4.69) is 0 Å². The number of nitrogens with zero attached hydrogens (tertiary/aromatic N) is 3. The van der Waals surface area contributed by atoms with Gasteiger partial charge in [0.2, 0.25) is 0 Å². The van der Waals surface area contributed by atoms with Crippen molar-refractivity contribution in [3.63, 3.8) is 0 Å². The average Bonchev–Trinajstić information content (AvgIpc) is 2.67. The van der Waals surface area contributed by atoms with E-state index in [4.69, 9.17) is 4.74 Å². The van der Waals surface area contributed by atoms with Crippen LogP contribution < -0.4 is 4.90 Å². The monoisotopic (exact) mass is 373 g/mol. The molecule has 0 saturated carbocycles. The van der Waals surface area contributed by atoms with Gasteiger partial charge in [-0.05, 0) is 29.8 Å². The van der Waals surface area contributed by atoms with E-state index >= 15 is 0 Å². The number of halogens is 1. The quantitative estimate of drug-likeness (QED) is 0.595. The first-order valence-corrected chi connectivity index (χ1v) is 8.57. The molecule has 1 amide bonds. The summed E-state index contributed by atoms with van der Waals surface area (Å²) in [5.74, 6) is -0.741. The molecule has 0 atom stereocenters. The molecule has 2 aromatic carbocycles. The Hall–Kier alpha value is -3.00.